The van der Waals surface area contributed by atoms with Gasteiger partial charge in [-0.15, -0.1) is 11.3 Å². The highest BCUT2D eigenvalue weighted by atomic mass is 35.5. The van der Waals surface area contributed by atoms with E-state index in [0.717, 1.165) is 0 Å². The van der Waals surface area contributed by atoms with Crippen molar-refractivity contribution in [1.29, 1.82) is 0 Å². The van der Waals surface area contributed by atoms with Crippen LogP contribution in [0.4, 0.5) is 15.8 Å². The number of amides is 1. The normalized spacial score (nSPS) is 10.2. The first-order valence-electron chi connectivity index (χ1n) is 4.68. The molecule has 1 amide bonds. The van der Waals surface area contributed by atoms with E-state index in [9.17, 15) is 9.18 Å². The average Bonchev–Trinajstić information content (AvgIpc) is 2.70. The van der Waals surface area contributed by atoms with Gasteiger partial charge in [-0.25, -0.2) is 4.39 Å². The molecule has 3 nitrogen and oxygen atoms in total. The van der Waals surface area contributed by atoms with Crippen molar-refractivity contribution < 1.29 is 9.18 Å². The van der Waals surface area contributed by atoms with Gasteiger partial charge in [0.25, 0.3) is 5.91 Å². The van der Waals surface area contributed by atoms with Crippen LogP contribution in [0.3, 0.4) is 0 Å². The minimum absolute atomic E-state index is 0.00740. The molecule has 0 spiro atoms. The molecule has 6 heteroatoms. The summed E-state index contributed by atoms with van der Waals surface area (Å²) in [6, 6.07) is 7.27. The third kappa shape index (κ3) is 2.75. The molecular weight excluding hydrogens is 263 g/mol. The lowest BCUT2D eigenvalue weighted by atomic mass is 10.2. The van der Waals surface area contributed by atoms with Crippen LogP contribution in [0.15, 0.2) is 30.3 Å². The minimum Gasteiger partial charge on any atom is -0.396 e. The van der Waals surface area contributed by atoms with Crippen LogP contribution < -0.4 is 11.1 Å². The molecule has 1 aromatic carbocycles. The zero-order chi connectivity index (χ0) is 12.4. The predicted octanol–water partition coefficient (Wildman–Crippen LogP) is 3.38. The number of hydrogen-bond donors (Lipinski definition) is 2. The molecule has 0 atom stereocenters. The molecule has 2 rings (SSSR count). The van der Waals surface area contributed by atoms with Gasteiger partial charge in [-0.3, -0.25) is 4.79 Å². The number of carbonyl (C=O) groups excluding carboxylic acids is 1. The van der Waals surface area contributed by atoms with Crippen LogP contribution >= 0.6 is 22.9 Å². The lowest BCUT2D eigenvalue weighted by Crippen LogP contribution is -2.10. The van der Waals surface area contributed by atoms with E-state index in [1.54, 1.807) is 12.1 Å². The first-order valence-corrected chi connectivity index (χ1v) is 5.87. The third-order valence-electron chi connectivity index (χ3n) is 2.05. The van der Waals surface area contributed by atoms with Crippen molar-refractivity contribution in [1.82, 2.24) is 0 Å². The molecule has 1 aromatic heterocycles. The molecule has 0 radical (unpaired) electrons. The summed E-state index contributed by atoms with van der Waals surface area (Å²) in [6.45, 7) is 0. The largest absolute Gasteiger partial charge is 0.396 e. The van der Waals surface area contributed by atoms with E-state index in [0.29, 0.717) is 14.9 Å². The van der Waals surface area contributed by atoms with E-state index >= 15 is 0 Å². The van der Waals surface area contributed by atoms with Gasteiger partial charge in [-0.1, -0.05) is 11.6 Å². The first-order chi connectivity index (χ1) is 8.06. The second-order valence-electron chi connectivity index (χ2n) is 3.29. The number of benzene rings is 1. The van der Waals surface area contributed by atoms with Gasteiger partial charge < -0.3 is 11.1 Å². The predicted molar refractivity (Wildman–Crippen MR) is 68.1 cm³/mol. The van der Waals surface area contributed by atoms with E-state index < -0.39 is 5.82 Å². The van der Waals surface area contributed by atoms with Crippen LogP contribution in [0.2, 0.25) is 4.34 Å². The molecule has 0 aliphatic carbocycles. The van der Waals surface area contributed by atoms with Crippen molar-refractivity contribution >= 4 is 40.2 Å². The van der Waals surface area contributed by atoms with Crippen molar-refractivity contribution in [2.75, 3.05) is 11.1 Å². The van der Waals surface area contributed by atoms with E-state index in [-0.39, 0.29) is 11.6 Å². The fourth-order valence-electron chi connectivity index (χ4n) is 1.25. The van der Waals surface area contributed by atoms with Crippen molar-refractivity contribution in [3.05, 3.63) is 45.4 Å². The van der Waals surface area contributed by atoms with E-state index in [4.69, 9.17) is 17.3 Å². The number of carbonyl (C=O) groups is 1. The Kier molecular flexibility index (Phi) is 3.31. The van der Waals surface area contributed by atoms with E-state index in [1.165, 1.54) is 29.5 Å². The van der Waals surface area contributed by atoms with Gasteiger partial charge in [-0.05, 0) is 30.3 Å². The van der Waals surface area contributed by atoms with Crippen LogP contribution in [0.5, 0.6) is 0 Å². The van der Waals surface area contributed by atoms with Crippen molar-refractivity contribution in [2.45, 2.75) is 0 Å². The fraction of sp³-hybridized carbons (Fsp3) is 0. The maximum Gasteiger partial charge on any atom is 0.265 e. The summed E-state index contributed by atoms with van der Waals surface area (Å²) in [6.07, 6.45) is 0. The van der Waals surface area contributed by atoms with Crippen molar-refractivity contribution in [3.8, 4) is 0 Å². The van der Waals surface area contributed by atoms with Gasteiger partial charge in [-0.2, -0.15) is 0 Å². The Labute approximate surface area is 106 Å². The molecule has 0 bridgehead atoms. The van der Waals surface area contributed by atoms with Crippen LogP contribution in [-0.2, 0) is 0 Å². The van der Waals surface area contributed by atoms with Crippen LogP contribution in [0.25, 0.3) is 0 Å². The Morgan fingerprint density at radius 2 is 2.12 bits per heavy atom. The third-order valence-corrected chi connectivity index (χ3v) is 3.28. The number of hydrogen-bond acceptors (Lipinski definition) is 3. The number of rotatable bonds is 2. The summed E-state index contributed by atoms with van der Waals surface area (Å²) in [4.78, 5) is 12.2. The number of nitrogen functional groups attached to an aromatic ring is 1. The molecule has 17 heavy (non-hydrogen) atoms. The standard InChI is InChI=1S/C11H8ClFN2OS/c12-10-4-3-9(17-10)11(16)15-6-1-2-7(13)8(14)5-6/h1-5H,14H2,(H,15,16). The van der Waals surface area contributed by atoms with E-state index in [2.05, 4.69) is 5.32 Å². The summed E-state index contributed by atoms with van der Waals surface area (Å²) in [5.74, 6) is -0.810. The summed E-state index contributed by atoms with van der Waals surface area (Å²) < 4.78 is 13.4. The van der Waals surface area contributed by atoms with E-state index in [1.807, 2.05) is 0 Å². The van der Waals surface area contributed by atoms with Crippen molar-refractivity contribution in [2.24, 2.45) is 0 Å². The molecule has 0 saturated carbocycles. The van der Waals surface area contributed by atoms with Crippen molar-refractivity contribution in [3.63, 3.8) is 0 Å². The van der Waals surface area contributed by atoms with Gasteiger partial charge in [0.1, 0.15) is 5.82 Å². The number of anilines is 2. The highest BCUT2D eigenvalue weighted by Gasteiger charge is 2.09. The Bertz CT molecular complexity index is 570. The SMILES string of the molecule is Nc1cc(NC(=O)c2ccc(Cl)s2)ccc1F. The van der Waals surface area contributed by atoms with Crippen LogP contribution in [0, 0.1) is 5.82 Å². The maximum absolute atomic E-state index is 12.9. The number of halogens is 2. The quantitative estimate of drug-likeness (QED) is 0.822. The highest BCUT2D eigenvalue weighted by molar-refractivity contribution is 7.18. The lowest BCUT2D eigenvalue weighted by molar-refractivity contribution is 0.103. The molecule has 0 aliphatic heterocycles. The highest BCUT2D eigenvalue weighted by Crippen LogP contribution is 2.23. The first kappa shape index (κ1) is 11.9. The van der Waals surface area contributed by atoms with Crippen LogP contribution in [-0.4, -0.2) is 5.91 Å². The molecular formula is C11H8ClFN2OS. The Morgan fingerprint density at radius 1 is 1.35 bits per heavy atom. The van der Waals surface area contributed by atoms with Gasteiger partial charge >= 0.3 is 0 Å². The lowest BCUT2D eigenvalue weighted by Gasteiger charge is -2.04. The zero-order valence-corrected chi connectivity index (χ0v) is 10.1. The number of thiophene rings is 1. The maximum atomic E-state index is 12.9. The summed E-state index contributed by atoms with van der Waals surface area (Å²) in [7, 11) is 0. The monoisotopic (exact) mass is 270 g/mol. The second kappa shape index (κ2) is 4.73. The smallest absolute Gasteiger partial charge is 0.265 e. The summed E-state index contributed by atoms with van der Waals surface area (Å²) in [5, 5.41) is 2.61. The van der Waals surface area contributed by atoms with Gasteiger partial charge in [0.05, 0.1) is 14.9 Å². The summed E-state index contributed by atoms with van der Waals surface area (Å²) in [5.41, 5.74) is 5.83. The van der Waals surface area contributed by atoms with Gasteiger partial charge in [0.2, 0.25) is 0 Å². The Hall–Kier alpha value is -1.59. The molecule has 88 valence electrons. The minimum atomic E-state index is -0.512. The topological polar surface area (TPSA) is 55.1 Å². The average molecular weight is 271 g/mol. The van der Waals surface area contributed by atoms with Gasteiger partial charge in [0, 0.05) is 5.69 Å². The molecule has 0 aliphatic rings. The zero-order valence-electron chi connectivity index (χ0n) is 8.54. The summed E-state index contributed by atoms with van der Waals surface area (Å²) >= 11 is 6.89. The molecule has 0 fully saturated rings. The molecule has 3 N–H and O–H groups in total. The Morgan fingerprint density at radius 3 is 2.71 bits per heavy atom. The molecule has 0 unspecified atom stereocenters. The molecule has 1 heterocycles. The Balaban J connectivity index is 2.15. The fourth-order valence-corrected chi connectivity index (χ4v) is 2.19. The molecule has 0 saturated heterocycles. The number of nitrogens with two attached hydrogens (primary N) is 1. The molecule has 2 aromatic rings. The van der Waals surface area contributed by atoms with Gasteiger partial charge in [0.15, 0.2) is 0 Å². The second-order valence-corrected chi connectivity index (χ2v) is 5.01. The van der Waals surface area contributed by atoms with Crippen LogP contribution in [0.1, 0.15) is 9.67 Å². The number of nitrogens with one attached hydrogen (secondary N) is 1.